The number of benzene rings is 1. The molecule has 0 aliphatic carbocycles. The first-order valence-corrected chi connectivity index (χ1v) is 9.87. The third kappa shape index (κ3) is 4.58. The molecule has 3 rings (SSSR count). The maximum atomic E-state index is 11.9. The lowest BCUT2D eigenvalue weighted by Crippen LogP contribution is -2.29. The van der Waals surface area contributed by atoms with E-state index in [1.54, 1.807) is 12.1 Å². The Morgan fingerprint density at radius 3 is 2.72 bits per heavy atom. The number of hydrogen-bond acceptors (Lipinski definition) is 4. The molecule has 2 heterocycles. The molecule has 1 aromatic carbocycles. The summed E-state index contributed by atoms with van der Waals surface area (Å²) in [4.78, 5) is 11.9. The van der Waals surface area contributed by atoms with Gasteiger partial charge in [0.15, 0.2) is 0 Å². The van der Waals surface area contributed by atoms with Crippen LogP contribution in [0.2, 0.25) is 0 Å². The highest BCUT2D eigenvalue weighted by Gasteiger charge is 2.22. The van der Waals surface area contributed by atoms with Crippen molar-refractivity contribution in [2.75, 3.05) is 18.1 Å². The molecule has 8 nitrogen and oxygen atoms in total. The molecule has 0 spiro atoms. The van der Waals surface area contributed by atoms with Gasteiger partial charge < -0.3 is 10.6 Å². The SMILES string of the molecule is CS(=O)(=O)N1CCCn2nc(CNC(=O)Nc3ccccc3)cc2C1. The smallest absolute Gasteiger partial charge is 0.319 e. The third-order valence-electron chi connectivity index (χ3n) is 3.96. The minimum absolute atomic E-state index is 0.275. The number of urea groups is 1. The van der Waals surface area contributed by atoms with E-state index in [-0.39, 0.29) is 12.6 Å². The predicted molar refractivity (Wildman–Crippen MR) is 94.4 cm³/mol. The Labute approximate surface area is 146 Å². The molecule has 0 radical (unpaired) electrons. The summed E-state index contributed by atoms with van der Waals surface area (Å²) in [5, 5.41) is 9.95. The van der Waals surface area contributed by atoms with E-state index in [1.165, 1.54) is 10.6 Å². The van der Waals surface area contributed by atoms with E-state index in [0.717, 1.165) is 5.69 Å². The van der Waals surface area contributed by atoms with Crippen molar-refractivity contribution in [1.82, 2.24) is 19.4 Å². The van der Waals surface area contributed by atoms with Gasteiger partial charge in [-0.15, -0.1) is 0 Å². The number of rotatable bonds is 4. The van der Waals surface area contributed by atoms with Gasteiger partial charge in [-0.25, -0.2) is 13.2 Å². The Hall–Kier alpha value is -2.39. The maximum absolute atomic E-state index is 11.9. The van der Waals surface area contributed by atoms with Crippen LogP contribution in [0.15, 0.2) is 36.4 Å². The first kappa shape index (κ1) is 17.4. The molecule has 0 fully saturated rings. The van der Waals surface area contributed by atoms with E-state index in [2.05, 4.69) is 15.7 Å². The molecule has 0 saturated heterocycles. The molecule has 0 unspecified atom stereocenters. The van der Waals surface area contributed by atoms with Crippen LogP contribution in [0.25, 0.3) is 0 Å². The second kappa shape index (κ2) is 7.24. The van der Waals surface area contributed by atoms with Gasteiger partial charge in [0, 0.05) is 18.8 Å². The lowest BCUT2D eigenvalue weighted by Gasteiger charge is -2.16. The van der Waals surface area contributed by atoms with Crippen LogP contribution in [0.5, 0.6) is 0 Å². The Balaban J connectivity index is 1.61. The van der Waals surface area contributed by atoms with Crippen LogP contribution in [-0.4, -0.2) is 41.3 Å². The zero-order chi connectivity index (χ0) is 17.9. The number of carbonyl (C=O) groups is 1. The summed E-state index contributed by atoms with van der Waals surface area (Å²) in [6.45, 7) is 1.74. The van der Waals surface area contributed by atoms with Crippen molar-refractivity contribution in [2.45, 2.75) is 26.1 Å². The Morgan fingerprint density at radius 2 is 2.00 bits per heavy atom. The van der Waals surface area contributed by atoms with Crippen LogP contribution >= 0.6 is 0 Å². The summed E-state index contributed by atoms with van der Waals surface area (Å²) >= 11 is 0. The summed E-state index contributed by atoms with van der Waals surface area (Å²) in [6.07, 6.45) is 1.93. The van der Waals surface area contributed by atoms with Crippen molar-refractivity contribution in [2.24, 2.45) is 0 Å². The fourth-order valence-electron chi connectivity index (χ4n) is 2.73. The quantitative estimate of drug-likeness (QED) is 0.857. The average molecular weight is 363 g/mol. The molecule has 2 N–H and O–H groups in total. The van der Waals surface area contributed by atoms with Crippen molar-refractivity contribution >= 4 is 21.7 Å². The fourth-order valence-corrected chi connectivity index (χ4v) is 3.56. The highest BCUT2D eigenvalue weighted by atomic mass is 32.2. The number of aromatic nitrogens is 2. The number of nitrogens with one attached hydrogen (secondary N) is 2. The molecule has 25 heavy (non-hydrogen) atoms. The fraction of sp³-hybridized carbons (Fsp3) is 0.375. The van der Waals surface area contributed by atoms with E-state index >= 15 is 0 Å². The van der Waals surface area contributed by atoms with Crippen molar-refractivity contribution in [3.63, 3.8) is 0 Å². The number of amides is 2. The van der Waals surface area contributed by atoms with Gasteiger partial charge in [0.2, 0.25) is 10.0 Å². The zero-order valence-electron chi connectivity index (χ0n) is 14.0. The average Bonchev–Trinajstić information content (AvgIpc) is 2.83. The summed E-state index contributed by atoms with van der Waals surface area (Å²) < 4.78 is 26.8. The topological polar surface area (TPSA) is 96.3 Å². The van der Waals surface area contributed by atoms with Crippen LogP contribution in [0.4, 0.5) is 10.5 Å². The number of nitrogens with zero attached hydrogens (tertiary/aromatic N) is 3. The molecule has 2 amide bonds. The standard InChI is InChI=1S/C16H21N5O3S/c1-25(23,24)20-8-5-9-21-15(12-20)10-14(19-21)11-17-16(22)18-13-6-3-2-4-7-13/h2-4,6-7,10H,5,8-9,11-12H2,1H3,(H2,17,18,22). The molecule has 0 saturated carbocycles. The van der Waals surface area contributed by atoms with Crippen LogP contribution < -0.4 is 10.6 Å². The Morgan fingerprint density at radius 1 is 1.24 bits per heavy atom. The van der Waals surface area contributed by atoms with Crippen molar-refractivity contribution in [3.05, 3.63) is 47.8 Å². The van der Waals surface area contributed by atoms with E-state index in [1.807, 2.05) is 28.9 Å². The normalized spacial score (nSPS) is 15.2. The number of sulfonamides is 1. The molecule has 1 aliphatic rings. The van der Waals surface area contributed by atoms with Crippen LogP contribution in [0, 0.1) is 0 Å². The summed E-state index contributed by atoms with van der Waals surface area (Å²) in [6, 6.07) is 10.7. The van der Waals surface area contributed by atoms with Gasteiger partial charge in [-0.1, -0.05) is 18.2 Å². The van der Waals surface area contributed by atoms with Crippen molar-refractivity contribution in [1.29, 1.82) is 0 Å². The largest absolute Gasteiger partial charge is 0.332 e. The maximum Gasteiger partial charge on any atom is 0.319 e. The molecule has 9 heteroatoms. The van der Waals surface area contributed by atoms with E-state index in [0.29, 0.717) is 37.4 Å². The molecule has 1 aromatic heterocycles. The van der Waals surface area contributed by atoms with E-state index < -0.39 is 10.0 Å². The Kier molecular flexibility index (Phi) is 5.05. The molecule has 0 bridgehead atoms. The molecule has 134 valence electrons. The van der Waals surface area contributed by atoms with Crippen molar-refractivity contribution < 1.29 is 13.2 Å². The van der Waals surface area contributed by atoms with Gasteiger partial charge in [0.25, 0.3) is 0 Å². The minimum Gasteiger partial charge on any atom is -0.332 e. The number of anilines is 1. The number of fused-ring (bicyclic) bond motifs is 1. The highest BCUT2D eigenvalue weighted by Crippen LogP contribution is 2.16. The van der Waals surface area contributed by atoms with Gasteiger partial charge in [0.1, 0.15) is 0 Å². The van der Waals surface area contributed by atoms with Crippen LogP contribution in [-0.2, 0) is 29.7 Å². The first-order chi connectivity index (χ1) is 11.9. The van der Waals surface area contributed by atoms with Gasteiger partial charge >= 0.3 is 6.03 Å². The second-order valence-corrected chi connectivity index (χ2v) is 7.96. The Bertz CT molecular complexity index is 848. The summed E-state index contributed by atoms with van der Waals surface area (Å²) in [7, 11) is -3.23. The number of carbonyl (C=O) groups excluding carboxylic acids is 1. The highest BCUT2D eigenvalue weighted by molar-refractivity contribution is 7.88. The summed E-state index contributed by atoms with van der Waals surface area (Å²) in [5.74, 6) is 0. The molecule has 0 atom stereocenters. The number of para-hydroxylation sites is 1. The molecule has 2 aromatic rings. The predicted octanol–water partition coefficient (Wildman–Crippen LogP) is 1.37. The first-order valence-electron chi connectivity index (χ1n) is 8.02. The zero-order valence-corrected chi connectivity index (χ0v) is 14.8. The monoisotopic (exact) mass is 363 g/mol. The van der Waals surface area contributed by atoms with E-state index in [4.69, 9.17) is 0 Å². The molecular weight excluding hydrogens is 342 g/mol. The lowest BCUT2D eigenvalue weighted by atomic mass is 10.3. The second-order valence-electron chi connectivity index (χ2n) is 5.97. The molecular formula is C16H21N5O3S. The van der Waals surface area contributed by atoms with Gasteiger partial charge in [-0.2, -0.15) is 9.40 Å². The van der Waals surface area contributed by atoms with Crippen LogP contribution in [0.1, 0.15) is 17.8 Å². The minimum atomic E-state index is -3.23. The third-order valence-corrected chi connectivity index (χ3v) is 5.21. The van der Waals surface area contributed by atoms with Gasteiger partial charge in [0.05, 0.1) is 30.7 Å². The van der Waals surface area contributed by atoms with E-state index in [9.17, 15) is 13.2 Å². The van der Waals surface area contributed by atoms with Crippen LogP contribution in [0.3, 0.4) is 0 Å². The number of aryl methyl sites for hydroxylation is 1. The summed E-state index contributed by atoms with van der Waals surface area (Å²) in [5.41, 5.74) is 2.25. The molecule has 1 aliphatic heterocycles. The van der Waals surface area contributed by atoms with Crippen molar-refractivity contribution in [3.8, 4) is 0 Å². The van der Waals surface area contributed by atoms with Gasteiger partial charge in [-0.3, -0.25) is 4.68 Å². The van der Waals surface area contributed by atoms with Gasteiger partial charge in [-0.05, 0) is 24.6 Å². The number of hydrogen-bond donors (Lipinski definition) is 2. The lowest BCUT2D eigenvalue weighted by molar-refractivity contribution is 0.251.